The minimum absolute atomic E-state index is 0.185. The highest BCUT2D eigenvalue weighted by atomic mass is 35.5. The molecule has 1 N–H and O–H groups in total. The number of nitrogens with one attached hydrogen (secondary N) is 1. The predicted molar refractivity (Wildman–Crippen MR) is 100 cm³/mol. The van der Waals surface area contributed by atoms with E-state index in [1.54, 1.807) is 6.07 Å². The lowest BCUT2D eigenvalue weighted by Crippen LogP contribution is -2.39. The number of hydrogen-bond acceptors (Lipinski definition) is 1. The molecule has 3 nitrogen and oxygen atoms in total. The fourth-order valence-electron chi connectivity index (χ4n) is 2.58. The molecule has 0 spiro atoms. The summed E-state index contributed by atoms with van der Waals surface area (Å²) in [5, 5.41) is 3.80. The van der Waals surface area contributed by atoms with E-state index in [1.807, 2.05) is 17.0 Å². The van der Waals surface area contributed by atoms with Gasteiger partial charge in [0.2, 0.25) is 6.54 Å². The van der Waals surface area contributed by atoms with Crippen molar-refractivity contribution in [3.63, 3.8) is 0 Å². The van der Waals surface area contributed by atoms with Crippen LogP contribution >= 0.6 is 34.8 Å². The lowest BCUT2D eigenvalue weighted by atomic mass is 9.95. The number of hydrogen-bond donors (Lipinski definition) is 1. The van der Waals surface area contributed by atoms with E-state index in [4.69, 9.17) is 34.8 Å². The normalized spacial score (nSPS) is 10.9. The molecule has 1 aromatic heterocycles. The van der Waals surface area contributed by atoms with Gasteiger partial charge < -0.3 is 5.32 Å². The van der Waals surface area contributed by atoms with Gasteiger partial charge in [0.25, 0.3) is 5.91 Å². The monoisotopic (exact) mass is 385 g/mol. The molecule has 24 heavy (non-hydrogen) atoms. The Hall–Kier alpha value is -1.29. The molecule has 1 heterocycles. The standard InChI is InChI=1S/C18H19Cl3N2O/c1-3-12(4-2)13-5-7-23(8-6-13)11-18(24)22-17-10-15(20)14(19)9-16(17)21/h5-10,12H,3-4,11H2,1-2H3/p+1. The van der Waals surface area contributed by atoms with Crippen molar-refractivity contribution >= 4 is 46.4 Å². The number of benzene rings is 1. The van der Waals surface area contributed by atoms with Gasteiger partial charge >= 0.3 is 0 Å². The first-order valence-corrected chi connectivity index (χ1v) is 9.01. The first-order chi connectivity index (χ1) is 11.4. The van der Waals surface area contributed by atoms with E-state index in [2.05, 4.69) is 31.3 Å². The van der Waals surface area contributed by atoms with Crippen LogP contribution in [0.4, 0.5) is 5.69 Å². The third kappa shape index (κ3) is 4.85. The van der Waals surface area contributed by atoms with Crippen LogP contribution in [-0.2, 0) is 11.3 Å². The number of pyridine rings is 1. The molecule has 2 rings (SSSR count). The van der Waals surface area contributed by atoms with Crippen molar-refractivity contribution in [3.8, 4) is 0 Å². The van der Waals surface area contributed by atoms with Gasteiger partial charge in [0, 0.05) is 12.1 Å². The molecule has 6 heteroatoms. The lowest BCUT2D eigenvalue weighted by Gasteiger charge is -2.11. The van der Waals surface area contributed by atoms with Gasteiger partial charge in [-0.05, 0) is 36.5 Å². The lowest BCUT2D eigenvalue weighted by molar-refractivity contribution is -0.684. The summed E-state index contributed by atoms with van der Waals surface area (Å²) in [5.74, 6) is 0.374. The zero-order valence-electron chi connectivity index (χ0n) is 13.7. The fraction of sp³-hybridized carbons (Fsp3) is 0.333. The Labute approximate surface area is 157 Å². The smallest absolute Gasteiger partial charge is 0.290 e. The fourth-order valence-corrected chi connectivity index (χ4v) is 3.17. The van der Waals surface area contributed by atoms with Crippen LogP contribution in [0, 0.1) is 0 Å². The minimum Gasteiger partial charge on any atom is -0.319 e. The van der Waals surface area contributed by atoms with E-state index in [9.17, 15) is 4.79 Å². The summed E-state index contributed by atoms with van der Waals surface area (Å²) >= 11 is 17.9. The van der Waals surface area contributed by atoms with Crippen molar-refractivity contribution in [1.82, 2.24) is 0 Å². The van der Waals surface area contributed by atoms with Gasteiger partial charge in [0.05, 0.1) is 20.8 Å². The Morgan fingerprint density at radius 1 is 1.04 bits per heavy atom. The minimum atomic E-state index is -0.185. The molecule has 0 atom stereocenters. The Morgan fingerprint density at radius 3 is 2.21 bits per heavy atom. The average Bonchev–Trinajstić information content (AvgIpc) is 2.55. The van der Waals surface area contributed by atoms with Crippen LogP contribution < -0.4 is 9.88 Å². The van der Waals surface area contributed by atoms with Crippen molar-refractivity contribution < 1.29 is 9.36 Å². The molecular weight excluding hydrogens is 367 g/mol. The molecule has 0 unspecified atom stereocenters. The molecule has 0 saturated heterocycles. The molecular formula is C18H20Cl3N2O+. The second-order valence-corrected chi connectivity index (χ2v) is 6.83. The van der Waals surface area contributed by atoms with Crippen LogP contribution in [0.15, 0.2) is 36.7 Å². The van der Waals surface area contributed by atoms with E-state index in [-0.39, 0.29) is 12.5 Å². The first kappa shape index (κ1) is 19.0. The highest BCUT2D eigenvalue weighted by Gasteiger charge is 2.14. The van der Waals surface area contributed by atoms with Crippen LogP contribution in [0.1, 0.15) is 38.2 Å². The maximum absolute atomic E-state index is 12.2. The van der Waals surface area contributed by atoms with Gasteiger partial charge in [0.1, 0.15) is 0 Å². The number of amides is 1. The van der Waals surface area contributed by atoms with Crippen LogP contribution in [0.25, 0.3) is 0 Å². The van der Waals surface area contributed by atoms with E-state index < -0.39 is 0 Å². The second-order valence-electron chi connectivity index (χ2n) is 5.61. The van der Waals surface area contributed by atoms with Crippen molar-refractivity contribution in [3.05, 3.63) is 57.3 Å². The maximum Gasteiger partial charge on any atom is 0.290 e. The Morgan fingerprint density at radius 2 is 1.62 bits per heavy atom. The highest BCUT2D eigenvalue weighted by molar-refractivity contribution is 6.44. The summed E-state index contributed by atoms with van der Waals surface area (Å²) in [7, 11) is 0. The zero-order chi connectivity index (χ0) is 17.7. The quantitative estimate of drug-likeness (QED) is 0.518. The van der Waals surface area contributed by atoms with E-state index in [0.717, 1.165) is 12.8 Å². The van der Waals surface area contributed by atoms with Gasteiger partial charge in [-0.25, -0.2) is 0 Å². The molecule has 0 radical (unpaired) electrons. The Bertz CT molecular complexity index is 713. The van der Waals surface area contributed by atoms with Crippen molar-refractivity contribution in [2.75, 3.05) is 5.32 Å². The van der Waals surface area contributed by atoms with Gasteiger partial charge in [-0.15, -0.1) is 0 Å². The van der Waals surface area contributed by atoms with Gasteiger partial charge in [-0.3, -0.25) is 4.79 Å². The van der Waals surface area contributed by atoms with E-state index >= 15 is 0 Å². The summed E-state index contributed by atoms with van der Waals surface area (Å²) in [5.41, 5.74) is 1.74. The first-order valence-electron chi connectivity index (χ1n) is 7.88. The summed E-state index contributed by atoms with van der Waals surface area (Å²) in [6, 6.07) is 7.19. The number of carbonyl (C=O) groups excluding carboxylic acids is 1. The van der Waals surface area contributed by atoms with Crippen molar-refractivity contribution in [1.29, 1.82) is 0 Å². The zero-order valence-corrected chi connectivity index (χ0v) is 15.9. The van der Waals surface area contributed by atoms with Crippen molar-refractivity contribution in [2.24, 2.45) is 0 Å². The molecule has 0 aliphatic heterocycles. The molecule has 0 bridgehead atoms. The number of aromatic nitrogens is 1. The molecule has 0 aliphatic carbocycles. The third-order valence-electron chi connectivity index (χ3n) is 3.98. The third-order valence-corrected chi connectivity index (χ3v) is 5.02. The molecule has 0 saturated carbocycles. The summed E-state index contributed by atoms with van der Waals surface area (Å²) in [4.78, 5) is 12.2. The molecule has 2 aromatic rings. The molecule has 128 valence electrons. The number of anilines is 1. The number of rotatable bonds is 6. The number of halogens is 3. The number of nitrogens with zero attached hydrogens (tertiary/aromatic N) is 1. The number of carbonyl (C=O) groups is 1. The van der Waals surface area contributed by atoms with Gasteiger partial charge in [0.15, 0.2) is 12.4 Å². The van der Waals surface area contributed by atoms with Gasteiger partial charge in [-0.1, -0.05) is 48.7 Å². The summed E-state index contributed by atoms with van der Waals surface area (Å²) in [6.07, 6.45) is 6.06. The topological polar surface area (TPSA) is 33.0 Å². The molecule has 0 fully saturated rings. The van der Waals surface area contributed by atoms with E-state index in [0.29, 0.717) is 26.7 Å². The van der Waals surface area contributed by atoms with Crippen LogP contribution in [0.5, 0.6) is 0 Å². The van der Waals surface area contributed by atoms with Crippen LogP contribution in [-0.4, -0.2) is 5.91 Å². The van der Waals surface area contributed by atoms with Crippen LogP contribution in [0.3, 0.4) is 0 Å². The van der Waals surface area contributed by atoms with Crippen LogP contribution in [0.2, 0.25) is 15.1 Å². The largest absolute Gasteiger partial charge is 0.319 e. The van der Waals surface area contributed by atoms with Crippen molar-refractivity contribution in [2.45, 2.75) is 39.2 Å². The second kappa shape index (κ2) is 8.70. The van der Waals surface area contributed by atoms with E-state index in [1.165, 1.54) is 11.6 Å². The van der Waals surface area contributed by atoms with Gasteiger partial charge in [-0.2, -0.15) is 4.57 Å². The Kier molecular flexibility index (Phi) is 6.90. The molecule has 1 aromatic carbocycles. The summed E-state index contributed by atoms with van der Waals surface area (Å²) in [6.45, 7) is 4.56. The molecule has 0 aliphatic rings. The maximum atomic E-state index is 12.2. The molecule has 1 amide bonds. The summed E-state index contributed by atoms with van der Waals surface area (Å²) < 4.78 is 1.83. The average molecular weight is 387 g/mol. The highest BCUT2D eigenvalue weighted by Crippen LogP contribution is 2.32. The SMILES string of the molecule is CCC(CC)c1cc[n+](CC(=O)Nc2cc(Cl)c(Cl)cc2Cl)cc1. The Balaban J connectivity index is 2.04. The predicted octanol–water partition coefficient (Wildman–Crippen LogP) is 5.48.